The topological polar surface area (TPSA) is 46.6 Å². The summed E-state index contributed by atoms with van der Waals surface area (Å²) in [6, 6.07) is 4.84. The normalized spacial score (nSPS) is 16.6. The Labute approximate surface area is 142 Å². The molecule has 0 N–H and O–H groups in total. The molecule has 7 heteroatoms. The number of carbonyl (C=O) groups excluding carboxylic acids is 2. The van der Waals surface area contributed by atoms with Gasteiger partial charge in [0.25, 0.3) is 5.91 Å². The summed E-state index contributed by atoms with van der Waals surface area (Å²) < 4.78 is 44.2. The monoisotopic (exact) mass is 351 g/mol. The minimum Gasteiger partial charge on any atom is -0.465 e. The largest absolute Gasteiger partial charge is 0.465 e. The third-order valence-electron chi connectivity index (χ3n) is 3.78. The molecule has 2 rings (SSSR count). The second kappa shape index (κ2) is 6.96. The van der Waals surface area contributed by atoms with Crippen molar-refractivity contribution in [1.29, 1.82) is 0 Å². The van der Waals surface area contributed by atoms with Gasteiger partial charge in [0, 0.05) is 12.2 Å². The van der Waals surface area contributed by atoms with E-state index in [1.54, 1.807) is 0 Å². The zero-order chi connectivity index (χ0) is 18.8. The van der Waals surface area contributed by atoms with Gasteiger partial charge in [0.1, 0.15) is 0 Å². The molecule has 0 unspecified atom stereocenters. The highest BCUT2D eigenvalue weighted by Crippen LogP contribution is 2.36. The molecular weight excluding hydrogens is 335 g/mol. The van der Waals surface area contributed by atoms with E-state index in [9.17, 15) is 22.8 Å². The van der Waals surface area contributed by atoms with Crippen molar-refractivity contribution in [1.82, 2.24) is 4.90 Å². The van der Waals surface area contributed by atoms with Gasteiger partial charge in [-0.05, 0) is 24.6 Å². The van der Waals surface area contributed by atoms with Crippen molar-refractivity contribution >= 4 is 18.0 Å². The van der Waals surface area contributed by atoms with Crippen LogP contribution in [0.5, 0.6) is 0 Å². The summed E-state index contributed by atoms with van der Waals surface area (Å²) in [6.45, 7) is 5.20. The second-order valence-corrected chi connectivity index (χ2v) is 5.30. The molecule has 0 saturated heterocycles. The third-order valence-corrected chi connectivity index (χ3v) is 3.78. The first kappa shape index (κ1) is 18.5. The number of carbonyl (C=O) groups is 2. The molecule has 1 aromatic carbocycles. The number of alkyl halides is 3. The highest BCUT2D eigenvalue weighted by atomic mass is 19.4. The van der Waals surface area contributed by atoms with Crippen LogP contribution in [0.3, 0.4) is 0 Å². The van der Waals surface area contributed by atoms with Crippen LogP contribution >= 0.6 is 0 Å². The summed E-state index contributed by atoms with van der Waals surface area (Å²) in [7, 11) is 1.14. The van der Waals surface area contributed by atoms with Gasteiger partial charge in [0.05, 0.1) is 23.8 Å². The molecule has 0 radical (unpaired) electrons. The number of nitrogens with zero attached hydrogens (tertiary/aromatic N) is 1. The number of ether oxygens (including phenoxy) is 1. The van der Waals surface area contributed by atoms with Crippen molar-refractivity contribution in [3.05, 3.63) is 64.9 Å². The molecule has 1 heterocycles. The number of hydrogen-bond acceptors (Lipinski definition) is 3. The van der Waals surface area contributed by atoms with E-state index in [1.807, 2.05) is 0 Å². The summed E-state index contributed by atoms with van der Waals surface area (Å²) in [5, 5.41) is 0. The summed E-state index contributed by atoms with van der Waals surface area (Å²) in [6.07, 6.45) is -2.05. The van der Waals surface area contributed by atoms with Gasteiger partial charge in [-0.3, -0.25) is 4.79 Å². The Morgan fingerprint density at radius 2 is 1.96 bits per heavy atom. The predicted octanol–water partition coefficient (Wildman–Crippen LogP) is 3.56. The fraction of sp³-hybridized carbons (Fsp3) is 0.222. The molecule has 1 aliphatic heterocycles. The lowest BCUT2D eigenvalue weighted by Gasteiger charge is -2.15. The van der Waals surface area contributed by atoms with Crippen molar-refractivity contribution in [3.63, 3.8) is 0 Å². The van der Waals surface area contributed by atoms with Crippen molar-refractivity contribution < 1.29 is 27.5 Å². The van der Waals surface area contributed by atoms with Gasteiger partial charge in [0.2, 0.25) is 0 Å². The average molecular weight is 351 g/mol. The molecule has 0 fully saturated rings. The lowest BCUT2D eigenvalue weighted by molar-refractivity contribution is -0.138. The smallest absolute Gasteiger partial charge is 0.416 e. The quantitative estimate of drug-likeness (QED) is 0.473. The van der Waals surface area contributed by atoms with Crippen LogP contribution in [0.4, 0.5) is 13.2 Å². The van der Waals surface area contributed by atoms with Gasteiger partial charge in [0.15, 0.2) is 0 Å². The molecule has 0 saturated carbocycles. The Balaban J connectivity index is 2.64. The molecule has 4 nitrogen and oxygen atoms in total. The molecule has 0 aliphatic carbocycles. The fourth-order valence-electron chi connectivity index (χ4n) is 2.61. The fourth-order valence-corrected chi connectivity index (χ4v) is 2.61. The second-order valence-electron chi connectivity index (χ2n) is 5.30. The van der Waals surface area contributed by atoms with Crippen LogP contribution in [0.25, 0.3) is 6.08 Å². The van der Waals surface area contributed by atoms with Crippen LogP contribution in [-0.2, 0) is 20.5 Å². The van der Waals surface area contributed by atoms with Crippen molar-refractivity contribution in [3.8, 4) is 0 Å². The SMILES string of the molecule is C=CCN1C(=O)/C(=C\c2ccccc2C(F)(F)F)C(C(=O)OC)=C1C. The maximum atomic E-state index is 13.2. The lowest BCUT2D eigenvalue weighted by atomic mass is 10.00. The van der Waals surface area contributed by atoms with Gasteiger partial charge in [-0.15, -0.1) is 6.58 Å². The molecular formula is C18H16F3NO3. The standard InChI is InChI=1S/C18H16F3NO3/c1-4-9-22-11(2)15(17(24)25-3)13(16(22)23)10-12-7-5-6-8-14(12)18(19,20)21/h4-8,10H,1,9H2,2-3H3/b13-10-. The molecule has 1 aromatic rings. The van der Waals surface area contributed by atoms with Crippen LogP contribution < -0.4 is 0 Å². The van der Waals surface area contributed by atoms with E-state index >= 15 is 0 Å². The molecule has 0 atom stereocenters. The molecule has 0 bridgehead atoms. The van der Waals surface area contributed by atoms with Gasteiger partial charge in [-0.25, -0.2) is 4.79 Å². The molecule has 132 valence electrons. The van der Waals surface area contributed by atoms with Gasteiger partial charge >= 0.3 is 12.1 Å². The van der Waals surface area contributed by atoms with E-state index in [2.05, 4.69) is 11.3 Å². The van der Waals surface area contributed by atoms with E-state index in [1.165, 1.54) is 36.1 Å². The minimum atomic E-state index is -4.58. The van der Waals surface area contributed by atoms with E-state index in [4.69, 9.17) is 0 Å². The van der Waals surface area contributed by atoms with Crippen LogP contribution in [0.15, 0.2) is 53.8 Å². The summed E-state index contributed by atoms with van der Waals surface area (Å²) >= 11 is 0. The Bertz CT molecular complexity index is 791. The van der Waals surface area contributed by atoms with Gasteiger partial charge in [-0.2, -0.15) is 13.2 Å². The summed E-state index contributed by atoms with van der Waals surface area (Å²) in [5.74, 6) is -1.36. The Morgan fingerprint density at radius 3 is 2.52 bits per heavy atom. The number of benzene rings is 1. The van der Waals surface area contributed by atoms with Crippen molar-refractivity contribution in [2.45, 2.75) is 13.1 Å². The van der Waals surface area contributed by atoms with Crippen LogP contribution in [0.2, 0.25) is 0 Å². The number of esters is 1. The van der Waals surface area contributed by atoms with E-state index < -0.39 is 23.6 Å². The van der Waals surface area contributed by atoms with Crippen LogP contribution in [0.1, 0.15) is 18.1 Å². The maximum Gasteiger partial charge on any atom is 0.416 e. The first-order valence-electron chi connectivity index (χ1n) is 7.32. The molecule has 0 aromatic heterocycles. The number of allylic oxidation sites excluding steroid dienone is 1. The van der Waals surface area contributed by atoms with Gasteiger partial charge < -0.3 is 9.64 Å². The van der Waals surface area contributed by atoms with Crippen molar-refractivity contribution in [2.24, 2.45) is 0 Å². The Morgan fingerprint density at radius 1 is 1.32 bits per heavy atom. The third kappa shape index (κ3) is 3.50. The highest BCUT2D eigenvalue weighted by Gasteiger charge is 2.38. The number of hydrogen-bond donors (Lipinski definition) is 0. The van der Waals surface area contributed by atoms with E-state index in [0.29, 0.717) is 5.70 Å². The summed E-state index contributed by atoms with van der Waals surface area (Å²) in [4.78, 5) is 25.9. The number of methoxy groups -OCH3 is 1. The Hall–Kier alpha value is -2.83. The first-order chi connectivity index (χ1) is 11.7. The van der Waals surface area contributed by atoms with E-state index in [0.717, 1.165) is 19.3 Å². The molecule has 1 amide bonds. The zero-order valence-electron chi connectivity index (χ0n) is 13.7. The average Bonchev–Trinajstić information content (AvgIpc) is 2.78. The predicted molar refractivity (Wildman–Crippen MR) is 86.0 cm³/mol. The molecule has 1 aliphatic rings. The number of amides is 1. The maximum absolute atomic E-state index is 13.2. The minimum absolute atomic E-state index is 0.0497. The molecule has 25 heavy (non-hydrogen) atoms. The van der Waals surface area contributed by atoms with E-state index in [-0.39, 0.29) is 23.3 Å². The van der Waals surface area contributed by atoms with Crippen LogP contribution in [0, 0.1) is 0 Å². The lowest BCUT2D eigenvalue weighted by Crippen LogP contribution is -2.25. The zero-order valence-corrected chi connectivity index (χ0v) is 13.7. The number of halogens is 3. The number of rotatable bonds is 4. The van der Waals surface area contributed by atoms with Gasteiger partial charge in [-0.1, -0.05) is 24.3 Å². The van der Waals surface area contributed by atoms with Crippen molar-refractivity contribution in [2.75, 3.05) is 13.7 Å². The molecule has 0 spiro atoms. The highest BCUT2D eigenvalue weighted by molar-refractivity contribution is 6.16. The first-order valence-corrected chi connectivity index (χ1v) is 7.32. The Kier molecular flexibility index (Phi) is 5.15. The van der Waals surface area contributed by atoms with Crippen LogP contribution in [-0.4, -0.2) is 30.4 Å². The summed E-state index contributed by atoms with van der Waals surface area (Å²) in [5.41, 5.74) is -0.964.